The van der Waals surface area contributed by atoms with Gasteiger partial charge in [0.05, 0.1) is 49.3 Å². The van der Waals surface area contributed by atoms with Crippen LogP contribution in [-0.2, 0) is 6.42 Å². The average molecular weight is 425 g/mol. The van der Waals surface area contributed by atoms with Crippen molar-refractivity contribution in [3.63, 3.8) is 0 Å². The lowest BCUT2D eigenvalue weighted by atomic mass is 9.98. The summed E-state index contributed by atoms with van der Waals surface area (Å²) in [5.74, 6) is 1.43. The highest BCUT2D eigenvalue weighted by Crippen LogP contribution is 2.32. The van der Waals surface area contributed by atoms with E-state index in [-0.39, 0.29) is 5.92 Å². The van der Waals surface area contributed by atoms with Crippen molar-refractivity contribution >= 4 is 22.5 Å². The molecule has 2 aromatic heterocycles. The number of nitrogens with one attached hydrogen (secondary N) is 1. The lowest BCUT2D eigenvalue weighted by Gasteiger charge is -2.34. The lowest BCUT2D eigenvalue weighted by Crippen LogP contribution is -3.15. The van der Waals surface area contributed by atoms with Crippen molar-refractivity contribution in [2.75, 3.05) is 37.6 Å². The normalized spacial score (nSPS) is 15.0. The Bertz CT molecular complexity index is 1270. The van der Waals surface area contributed by atoms with Gasteiger partial charge in [-0.2, -0.15) is 5.26 Å². The summed E-state index contributed by atoms with van der Waals surface area (Å²) in [6, 6.07) is 23.7. The van der Waals surface area contributed by atoms with E-state index in [9.17, 15) is 5.26 Å². The van der Waals surface area contributed by atoms with E-state index in [4.69, 9.17) is 4.98 Å². The Labute approximate surface area is 189 Å². The number of benzene rings is 2. The molecule has 1 aliphatic rings. The lowest BCUT2D eigenvalue weighted by molar-refractivity contribution is -0.900. The monoisotopic (exact) mass is 424 g/mol. The summed E-state index contributed by atoms with van der Waals surface area (Å²) in [6.07, 6.45) is 1.13. The van der Waals surface area contributed by atoms with Crippen LogP contribution in [0.1, 0.15) is 36.5 Å². The number of hydrogen-bond acceptors (Lipinski definition) is 3. The van der Waals surface area contributed by atoms with E-state index >= 15 is 0 Å². The molecule has 0 radical (unpaired) electrons. The number of hydrogen-bond donors (Lipinski definition) is 1. The topological polar surface area (TPSA) is 48.8 Å². The second-order valence-corrected chi connectivity index (χ2v) is 9.08. The third-order valence-electron chi connectivity index (χ3n) is 6.73. The molecule has 0 atom stereocenters. The number of aromatic nitrogens is 2. The molecular weight excluding hydrogens is 394 g/mol. The highest BCUT2D eigenvalue weighted by atomic mass is 15.3. The molecule has 0 aliphatic carbocycles. The number of pyridine rings is 1. The van der Waals surface area contributed by atoms with Crippen LogP contribution in [0.15, 0.2) is 60.7 Å². The zero-order valence-corrected chi connectivity index (χ0v) is 18.9. The molecule has 162 valence electrons. The first-order valence-corrected chi connectivity index (χ1v) is 11.6. The Morgan fingerprint density at radius 3 is 2.47 bits per heavy atom. The predicted octanol–water partition coefficient (Wildman–Crippen LogP) is 3.43. The van der Waals surface area contributed by atoms with Crippen LogP contribution in [0.2, 0.25) is 0 Å². The number of fused-ring (bicyclic) bond motifs is 3. The first-order chi connectivity index (χ1) is 15.7. The maximum Gasteiger partial charge on any atom is 0.157 e. The summed E-state index contributed by atoms with van der Waals surface area (Å²) >= 11 is 0. The summed E-state index contributed by atoms with van der Waals surface area (Å²) in [4.78, 5) is 9.02. The summed E-state index contributed by atoms with van der Waals surface area (Å²) < 4.78 is 2.20. The van der Waals surface area contributed by atoms with Gasteiger partial charge in [0.25, 0.3) is 0 Å². The molecule has 0 unspecified atom stereocenters. The smallest absolute Gasteiger partial charge is 0.157 e. The van der Waals surface area contributed by atoms with Crippen molar-refractivity contribution in [1.82, 2.24) is 9.38 Å². The van der Waals surface area contributed by atoms with Crippen molar-refractivity contribution in [1.29, 1.82) is 5.26 Å². The number of piperazine rings is 1. The molecule has 5 nitrogen and oxygen atoms in total. The second-order valence-electron chi connectivity index (χ2n) is 9.08. The number of para-hydroxylation sites is 2. The molecule has 1 N–H and O–H groups in total. The van der Waals surface area contributed by atoms with Crippen molar-refractivity contribution in [3.8, 4) is 6.07 Å². The average Bonchev–Trinajstić information content (AvgIpc) is 3.22. The van der Waals surface area contributed by atoms with E-state index in [2.05, 4.69) is 71.7 Å². The maximum absolute atomic E-state index is 9.96. The van der Waals surface area contributed by atoms with Crippen LogP contribution in [0.3, 0.4) is 0 Å². The molecular formula is C27H30N5+. The summed E-state index contributed by atoms with van der Waals surface area (Å²) in [5.41, 5.74) is 6.01. The van der Waals surface area contributed by atoms with Gasteiger partial charge in [0.2, 0.25) is 0 Å². The standard InChI is InChI=1S/C27H29N5/c1-20(2)22-18-26(32-25-11-7-6-10-24(25)29-27(32)23(22)19-28)31-16-14-30(15-17-31)13-12-21-8-4-3-5-9-21/h3-11,18,20H,12-17H2,1-2H3/p+1. The molecule has 0 spiro atoms. The highest BCUT2D eigenvalue weighted by Gasteiger charge is 2.25. The number of nitriles is 1. The molecule has 32 heavy (non-hydrogen) atoms. The second kappa shape index (κ2) is 8.64. The van der Waals surface area contributed by atoms with Gasteiger partial charge >= 0.3 is 0 Å². The van der Waals surface area contributed by atoms with E-state index in [0.29, 0.717) is 5.56 Å². The molecule has 1 fully saturated rings. The number of anilines is 1. The first-order valence-electron chi connectivity index (χ1n) is 11.6. The molecule has 0 bridgehead atoms. The Morgan fingerprint density at radius 1 is 1.03 bits per heavy atom. The van der Waals surface area contributed by atoms with Crippen LogP contribution < -0.4 is 9.80 Å². The molecule has 0 amide bonds. The molecule has 1 aliphatic heterocycles. The molecule has 4 aromatic rings. The van der Waals surface area contributed by atoms with E-state index in [1.54, 1.807) is 4.90 Å². The maximum atomic E-state index is 9.96. The minimum absolute atomic E-state index is 0.269. The molecule has 5 rings (SSSR count). The summed E-state index contributed by atoms with van der Waals surface area (Å²) in [7, 11) is 0. The minimum Gasteiger partial charge on any atom is -0.346 e. The Hall–Kier alpha value is -3.36. The van der Waals surface area contributed by atoms with E-state index in [0.717, 1.165) is 54.8 Å². The molecule has 1 saturated heterocycles. The van der Waals surface area contributed by atoms with Gasteiger partial charge in [0.15, 0.2) is 5.65 Å². The van der Waals surface area contributed by atoms with Gasteiger partial charge in [0, 0.05) is 6.42 Å². The number of quaternary nitrogens is 1. The van der Waals surface area contributed by atoms with Gasteiger partial charge in [-0.15, -0.1) is 0 Å². The van der Waals surface area contributed by atoms with Crippen LogP contribution in [0.4, 0.5) is 5.82 Å². The molecule has 2 aromatic carbocycles. The van der Waals surface area contributed by atoms with Gasteiger partial charge in [0.1, 0.15) is 11.9 Å². The van der Waals surface area contributed by atoms with Crippen molar-refractivity contribution in [3.05, 3.63) is 77.4 Å². The number of imidazole rings is 1. The molecule has 5 heteroatoms. The van der Waals surface area contributed by atoms with Crippen molar-refractivity contribution in [2.24, 2.45) is 0 Å². The Morgan fingerprint density at radius 2 is 1.75 bits per heavy atom. The third kappa shape index (κ3) is 3.72. The minimum atomic E-state index is 0.269. The third-order valence-corrected chi connectivity index (χ3v) is 6.73. The van der Waals surface area contributed by atoms with Crippen LogP contribution in [-0.4, -0.2) is 42.1 Å². The quantitative estimate of drug-likeness (QED) is 0.534. The highest BCUT2D eigenvalue weighted by molar-refractivity contribution is 5.85. The van der Waals surface area contributed by atoms with Crippen molar-refractivity contribution in [2.45, 2.75) is 26.2 Å². The summed E-state index contributed by atoms with van der Waals surface area (Å²) in [6.45, 7) is 9.75. The largest absolute Gasteiger partial charge is 0.346 e. The van der Waals surface area contributed by atoms with Crippen molar-refractivity contribution < 1.29 is 4.90 Å². The SMILES string of the molecule is CC(C)c1cc(N2CC[NH+](CCc3ccccc3)CC2)n2c(nc3ccccc32)c1C#N. The molecule has 0 saturated carbocycles. The van der Waals surface area contributed by atoms with E-state index in [1.807, 2.05) is 18.2 Å². The van der Waals surface area contributed by atoms with Gasteiger partial charge < -0.3 is 9.80 Å². The number of nitrogens with zero attached hydrogens (tertiary/aromatic N) is 4. The Kier molecular flexibility index (Phi) is 5.55. The van der Waals surface area contributed by atoms with Gasteiger partial charge in [-0.25, -0.2) is 4.98 Å². The van der Waals surface area contributed by atoms with E-state index < -0.39 is 0 Å². The summed E-state index contributed by atoms with van der Waals surface area (Å²) in [5, 5.41) is 9.96. The van der Waals surface area contributed by atoms with Crippen LogP contribution in [0, 0.1) is 11.3 Å². The van der Waals surface area contributed by atoms with Crippen LogP contribution in [0.5, 0.6) is 0 Å². The van der Waals surface area contributed by atoms with Gasteiger partial charge in [-0.3, -0.25) is 4.40 Å². The van der Waals surface area contributed by atoms with Gasteiger partial charge in [-0.05, 0) is 35.2 Å². The fraction of sp³-hybridized carbons (Fsp3) is 0.333. The number of rotatable bonds is 5. The predicted molar refractivity (Wildman–Crippen MR) is 129 cm³/mol. The first kappa shape index (κ1) is 20.5. The molecule has 3 heterocycles. The fourth-order valence-corrected chi connectivity index (χ4v) is 4.90. The van der Waals surface area contributed by atoms with E-state index in [1.165, 1.54) is 17.9 Å². The zero-order valence-electron chi connectivity index (χ0n) is 18.9. The van der Waals surface area contributed by atoms with Gasteiger partial charge in [-0.1, -0.05) is 56.3 Å². The van der Waals surface area contributed by atoms with Crippen LogP contribution >= 0.6 is 0 Å². The zero-order chi connectivity index (χ0) is 22.1. The van der Waals surface area contributed by atoms with Crippen LogP contribution in [0.25, 0.3) is 16.7 Å². The Balaban J connectivity index is 1.46. The fourth-order valence-electron chi connectivity index (χ4n) is 4.90.